The summed E-state index contributed by atoms with van der Waals surface area (Å²) in [5, 5.41) is 0. The highest BCUT2D eigenvalue weighted by molar-refractivity contribution is 5.82. The molecule has 1 saturated heterocycles. The van der Waals surface area contributed by atoms with E-state index >= 15 is 0 Å². The van der Waals surface area contributed by atoms with Crippen molar-refractivity contribution in [3.63, 3.8) is 0 Å². The highest BCUT2D eigenvalue weighted by Gasteiger charge is 2.26. The number of fused-ring (bicyclic) bond motifs is 1. The molecule has 7 heteroatoms. The van der Waals surface area contributed by atoms with Crippen LogP contribution in [0.25, 0.3) is 22.4 Å². The molecule has 136 valence electrons. The monoisotopic (exact) mass is 359 g/mol. The van der Waals surface area contributed by atoms with Gasteiger partial charge in [-0.15, -0.1) is 0 Å². The predicted molar refractivity (Wildman–Crippen MR) is 105 cm³/mol. The highest BCUT2D eigenvalue weighted by atomic mass is 15.2. The van der Waals surface area contributed by atoms with Gasteiger partial charge in [-0.2, -0.15) is 0 Å². The zero-order chi connectivity index (χ0) is 18.2. The lowest BCUT2D eigenvalue weighted by Crippen LogP contribution is -2.34. The van der Waals surface area contributed by atoms with Crippen molar-refractivity contribution in [3.05, 3.63) is 55.0 Å². The van der Waals surface area contributed by atoms with E-state index in [-0.39, 0.29) is 0 Å². The van der Waals surface area contributed by atoms with Gasteiger partial charge in [0.2, 0.25) is 0 Å². The predicted octanol–water partition coefficient (Wildman–Crippen LogP) is 3.14. The van der Waals surface area contributed by atoms with Gasteiger partial charge in [-0.25, -0.2) is 19.9 Å². The Bertz CT molecular complexity index is 1060. The van der Waals surface area contributed by atoms with Crippen molar-refractivity contribution in [2.75, 3.05) is 18.0 Å². The van der Waals surface area contributed by atoms with Gasteiger partial charge in [0.1, 0.15) is 17.7 Å². The molecule has 4 aromatic rings. The van der Waals surface area contributed by atoms with Crippen LogP contribution >= 0.6 is 0 Å². The second-order valence-electron chi connectivity index (χ2n) is 7.02. The number of hydrogen-bond acceptors (Lipinski definition) is 5. The summed E-state index contributed by atoms with van der Waals surface area (Å²) in [6.07, 6.45) is 7.51. The molecule has 1 aromatic carbocycles. The van der Waals surface area contributed by atoms with Crippen LogP contribution in [-0.2, 0) is 7.05 Å². The Morgan fingerprint density at radius 3 is 2.67 bits per heavy atom. The maximum atomic E-state index is 4.95. The summed E-state index contributed by atoms with van der Waals surface area (Å²) < 4.78 is 2.18. The number of nitrogens with one attached hydrogen (secondary N) is 1. The lowest BCUT2D eigenvalue weighted by Gasteiger charge is -2.32. The number of hydrogen-bond donors (Lipinski definition) is 1. The van der Waals surface area contributed by atoms with E-state index < -0.39 is 0 Å². The maximum Gasteiger partial charge on any atom is 0.182 e. The molecule has 0 unspecified atom stereocenters. The third kappa shape index (κ3) is 2.85. The Balaban J connectivity index is 1.35. The first-order valence-electron chi connectivity index (χ1n) is 9.27. The van der Waals surface area contributed by atoms with E-state index in [1.807, 2.05) is 6.07 Å². The number of benzene rings is 1. The second-order valence-corrected chi connectivity index (χ2v) is 7.02. The van der Waals surface area contributed by atoms with Gasteiger partial charge in [-0.1, -0.05) is 30.3 Å². The smallest absolute Gasteiger partial charge is 0.182 e. The van der Waals surface area contributed by atoms with Crippen molar-refractivity contribution in [2.45, 2.75) is 18.8 Å². The van der Waals surface area contributed by atoms with Gasteiger partial charge in [0.15, 0.2) is 11.5 Å². The fraction of sp³-hybridized carbons (Fsp3) is 0.300. The van der Waals surface area contributed by atoms with Crippen molar-refractivity contribution < 1.29 is 0 Å². The second kappa shape index (κ2) is 6.50. The number of H-pyrrole nitrogens is 1. The van der Waals surface area contributed by atoms with E-state index in [1.165, 1.54) is 11.4 Å². The van der Waals surface area contributed by atoms with Crippen molar-refractivity contribution in [1.82, 2.24) is 29.5 Å². The Labute approximate surface area is 157 Å². The van der Waals surface area contributed by atoms with Crippen LogP contribution in [0.15, 0.2) is 49.2 Å². The fourth-order valence-corrected chi connectivity index (χ4v) is 3.95. The van der Waals surface area contributed by atoms with Crippen LogP contribution in [0.2, 0.25) is 0 Å². The molecule has 0 aliphatic carbocycles. The summed E-state index contributed by atoms with van der Waals surface area (Å²) in [4.78, 5) is 23.4. The summed E-state index contributed by atoms with van der Waals surface area (Å²) in [6.45, 7) is 1.90. The van der Waals surface area contributed by atoms with E-state index in [0.717, 1.165) is 48.6 Å². The summed E-state index contributed by atoms with van der Waals surface area (Å²) in [7, 11) is 2.10. The highest BCUT2D eigenvalue weighted by Crippen LogP contribution is 2.32. The molecule has 5 rings (SSSR count). The van der Waals surface area contributed by atoms with Gasteiger partial charge < -0.3 is 14.5 Å². The quantitative estimate of drug-likeness (QED) is 0.608. The van der Waals surface area contributed by atoms with Crippen LogP contribution < -0.4 is 4.90 Å². The molecule has 0 bridgehead atoms. The van der Waals surface area contributed by atoms with Crippen LogP contribution in [0.3, 0.4) is 0 Å². The number of aryl methyl sites for hydroxylation is 1. The zero-order valence-electron chi connectivity index (χ0n) is 15.2. The number of aromatic nitrogens is 6. The lowest BCUT2D eigenvalue weighted by atomic mass is 9.96. The molecule has 0 spiro atoms. The number of nitrogens with zero attached hydrogens (tertiary/aromatic N) is 6. The van der Waals surface area contributed by atoms with Crippen molar-refractivity contribution in [2.24, 2.45) is 7.05 Å². The summed E-state index contributed by atoms with van der Waals surface area (Å²) in [6, 6.07) is 10.4. The molecule has 7 nitrogen and oxygen atoms in total. The van der Waals surface area contributed by atoms with Crippen LogP contribution in [0.5, 0.6) is 0 Å². The zero-order valence-corrected chi connectivity index (χ0v) is 15.2. The van der Waals surface area contributed by atoms with Crippen LogP contribution in [0.1, 0.15) is 24.6 Å². The first kappa shape index (κ1) is 16.0. The molecule has 0 radical (unpaired) electrons. The van der Waals surface area contributed by atoms with Gasteiger partial charge >= 0.3 is 0 Å². The van der Waals surface area contributed by atoms with Crippen LogP contribution in [0, 0.1) is 0 Å². The van der Waals surface area contributed by atoms with Crippen molar-refractivity contribution in [3.8, 4) is 11.3 Å². The number of piperidine rings is 1. The third-order valence-corrected chi connectivity index (χ3v) is 5.34. The molecule has 1 N–H and O–H groups in total. The number of imidazole rings is 2. The molecule has 1 fully saturated rings. The lowest BCUT2D eigenvalue weighted by molar-refractivity contribution is 0.474. The Kier molecular flexibility index (Phi) is 3.85. The molecule has 3 aromatic heterocycles. The average molecular weight is 359 g/mol. The largest absolute Gasteiger partial charge is 0.355 e. The average Bonchev–Trinajstić information content (AvgIpc) is 3.35. The molecule has 0 amide bonds. The first-order chi connectivity index (χ1) is 13.3. The number of anilines is 1. The summed E-state index contributed by atoms with van der Waals surface area (Å²) in [5.74, 6) is 2.58. The molecular weight excluding hydrogens is 338 g/mol. The fourth-order valence-electron chi connectivity index (χ4n) is 3.95. The van der Waals surface area contributed by atoms with Gasteiger partial charge in [0, 0.05) is 37.8 Å². The Morgan fingerprint density at radius 2 is 1.85 bits per heavy atom. The van der Waals surface area contributed by atoms with Crippen LogP contribution in [-0.4, -0.2) is 42.6 Å². The molecule has 0 saturated carbocycles. The molecule has 4 heterocycles. The minimum absolute atomic E-state index is 0.461. The maximum absolute atomic E-state index is 4.95. The first-order valence-corrected chi connectivity index (χ1v) is 9.27. The number of rotatable bonds is 3. The molecule has 27 heavy (non-hydrogen) atoms. The van der Waals surface area contributed by atoms with Gasteiger partial charge in [-0.05, 0) is 12.8 Å². The van der Waals surface area contributed by atoms with E-state index in [0.29, 0.717) is 5.92 Å². The number of aromatic amines is 1. The van der Waals surface area contributed by atoms with Crippen molar-refractivity contribution in [1.29, 1.82) is 0 Å². The van der Waals surface area contributed by atoms with E-state index in [9.17, 15) is 0 Å². The van der Waals surface area contributed by atoms with Gasteiger partial charge in [0.05, 0.1) is 12.0 Å². The topological polar surface area (TPSA) is 75.5 Å². The minimum atomic E-state index is 0.461. The normalized spacial score (nSPS) is 15.5. The third-order valence-electron chi connectivity index (χ3n) is 5.34. The molecule has 0 atom stereocenters. The summed E-state index contributed by atoms with van der Waals surface area (Å²) >= 11 is 0. The Hall–Kier alpha value is -3.22. The van der Waals surface area contributed by atoms with Gasteiger partial charge in [0.25, 0.3) is 0 Å². The SMILES string of the molecule is Cn1cc(-c2ccccc2)nc1C1CCN(c2ncnc3nc[nH]c23)CC1. The van der Waals surface area contributed by atoms with Crippen LogP contribution in [0.4, 0.5) is 5.82 Å². The van der Waals surface area contributed by atoms with Gasteiger partial charge in [-0.3, -0.25) is 0 Å². The molecule has 1 aliphatic rings. The Morgan fingerprint density at radius 1 is 1.04 bits per heavy atom. The van der Waals surface area contributed by atoms with Crippen molar-refractivity contribution >= 4 is 17.0 Å². The minimum Gasteiger partial charge on any atom is -0.355 e. The molecular formula is C20H21N7. The summed E-state index contributed by atoms with van der Waals surface area (Å²) in [5.41, 5.74) is 3.85. The standard InChI is InChI=1S/C20H21N7/c1-26-11-16(14-5-3-2-4-6-14)25-19(26)15-7-9-27(10-8-15)20-17-18(22-12-21-17)23-13-24-20/h2-6,11-13,15H,7-10H2,1H3,(H,21,22,23,24). The van der Waals surface area contributed by atoms with E-state index in [1.54, 1.807) is 12.7 Å². The van der Waals surface area contributed by atoms with E-state index in [2.05, 4.69) is 66.9 Å². The van der Waals surface area contributed by atoms with E-state index in [4.69, 9.17) is 4.98 Å². The molecule has 1 aliphatic heterocycles.